The molecule has 0 spiro atoms. The summed E-state index contributed by atoms with van der Waals surface area (Å²) in [5, 5.41) is 8.14. The van der Waals surface area contributed by atoms with Crippen LogP contribution in [-0.4, -0.2) is 27.8 Å². The van der Waals surface area contributed by atoms with Crippen LogP contribution in [0.25, 0.3) is 33.4 Å². The Bertz CT molecular complexity index is 1150. The van der Waals surface area contributed by atoms with Gasteiger partial charge in [0, 0.05) is 16.1 Å². The van der Waals surface area contributed by atoms with Crippen LogP contribution in [0.15, 0.2) is 54.6 Å². The van der Waals surface area contributed by atoms with Crippen molar-refractivity contribution in [1.29, 1.82) is 0 Å². The number of nitrogens with zero attached hydrogens (tertiary/aromatic N) is 2. The number of halogens is 1. The molecule has 2 aromatic heterocycles. The maximum atomic E-state index is 13.0. The van der Waals surface area contributed by atoms with Crippen LogP contribution in [0.4, 0.5) is 5.82 Å². The van der Waals surface area contributed by atoms with Gasteiger partial charge in [0.25, 0.3) is 0 Å². The van der Waals surface area contributed by atoms with Gasteiger partial charge in [0.15, 0.2) is 5.65 Å². The number of carbonyl (C=O) groups is 1. The number of pyridine rings is 1. The van der Waals surface area contributed by atoms with Gasteiger partial charge in [-0.1, -0.05) is 54.1 Å². The van der Waals surface area contributed by atoms with Crippen LogP contribution in [0.3, 0.4) is 0 Å². The smallest absolute Gasteiger partial charge is 0.341 e. The minimum Gasteiger partial charge on any atom is -0.462 e. The maximum absolute atomic E-state index is 13.0. The number of esters is 1. The lowest BCUT2D eigenvalue weighted by atomic mass is 9.93. The molecular formula is C21H17ClN4O2. The Morgan fingerprint density at radius 1 is 1.11 bits per heavy atom. The largest absolute Gasteiger partial charge is 0.462 e. The first-order valence-corrected chi connectivity index (χ1v) is 9.14. The van der Waals surface area contributed by atoms with Crippen molar-refractivity contribution in [3.8, 4) is 22.4 Å². The number of H-pyrrole nitrogens is 1. The third-order valence-electron chi connectivity index (χ3n) is 4.39. The van der Waals surface area contributed by atoms with E-state index in [0.29, 0.717) is 38.7 Å². The molecule has 0 bridgehead atoms. The summed E-state index contributed by atoms with van der Waals surface area (Å²) in [7, 11) is 0. The Labute approximate surface area is 166 Å². The van der Waals surface area contributed by atoms with Crippen molar-refractivity contribution in [2.24, 2.45) is 0 Å². The van der Waals surface area contributed by atoms with Crippen LogP contribution < -0.4 is 5.73 Å². The molecule has 0 unspecified atom stereocenters. The summed E-state index contributed by atoms with van der Waals surface area (Å²) in [6.07, 6.45) is 0. The van der Waals surface area contributed by atoms with Crippen molar-refractivity contribution < 1.29 is 9.53 Å². The fraction of sp³-hybridized carbons (Fsp3) is 0.0952. The van der Waals surface area contributed by atoms with E-state index in [-0.39, 0.29) is 6.61 Å². The lowest BCUT2D eigenvalue weighted by molar-refractivity contribution is 0.0528. The van der Waals surface area contributed by atoms with Gasteiger partial charge in [-0.05, 0) is 24.6 Å². The fourth-order valence-electron chi connectivity index (χ4n) is 3.19. The Hall–Kier alpha value is -3.38. The summed E-state index contributed by atoms with van der Waals surface area (Å²) >= 11 is 6.06. The zero-order chi connectivity index (χ0) is 19.7. The van der Waals surface area contributed by atoms with E-state index < -0.39 is 5.97 Å². The summed E-state index contributed by atoms with van der Waals surface area (Å²) < 4.78 is 5.36. The standard InChI is InChI=1S/C21H17ClN4O2/c1-2-28-21(27)16-15(12-8-10-14(22)11-9-12)17-19(23)25-26-20(17)24-18(16)13-6-4-3-5-7-13/h3-11H,2H2,1H3,(H3,23,24,25,26). The van der Waals surface area contributed by atoms with Crippen LogP contribution in [0.2, 0.25) is 5.02 Å². The van der Waals surface area contributed by atoms with Crippen molar-refractivity contribution in [3.05, 3.63) is 65.2 Å². The summed E-state index contributed by atoms with van der Waals surface area (Å²) in [6.45, 7) is 2.01. The van der Waals surface area contributed by atoms with Gasteiger partial charge >= 0.3 is 5.97 Å². The third-order valence-corrected chi connectivity index (χ3v) is 4.64. The first-order valence-electron chi connectivity index (χ1n) is 8.76. The Morgan fingerprint density at radius 2 is 1.82 bits per heavy atom. The average Bonchev–Trinajstić information content (AvgIpc) is 3.09. The molecule has 4 aromatic rings. The number of rotatable bonds is 4. The lowest BCUT2D eigenvalue weighted by Crippen LogP contribution is -2.11. The first kappa shape index (κ1) is 18.0. The van der Waals surface area contributed by atoms with Crippen molar-refractivity contribution in [1.82, 2.24) is 15.2 Å². The molecule has 0 aliphatic rings. The first-order chi connectivity index (χ1) is 13.6. The van der Waals surface area contributed by atoms with Gasteiger partial charge in [-0.2, -0.15) is 5.10 Å². The second-order valence-corrected chi connectivity index (χ2v) is 6.58. The summed E-state index contributed by atoms with van der Waals surface area (Å²) in [6, 6.07) is 16.6. The number of nitrogens with two attached hydrogens (primary N) is 1. The molecule has 140 valence electrons. The molecule has 2 heterocycles. The van der Waals surface area contributed by atoms with E-state index in [9.17, 15) is 4.79 Å². The highest BCUT2D eigenvalue weighted by Gasteiger charge is 2.26. The van der Waals surface area contributed by atoms with E-state index >= 15 is 0 Å². The number of nitrogens with one attached hydrogen (secondary N) is 1. The molecule has 2 aromatic carbocycles. The van der Waals surface area contributed by atoms with E-state index in [1.165, 1.54) is 0 Å². The molecule has 0 aliphatic heterocycles. The Morgan fingerprint density at radius 3 is 2.50 bits per heavy atom. The van der Waals surface area contributed by atoms with E-state index in [1.807, 2.05) is 42.5 Å². The number of ether oxygens (including phenoxy) is 1. The zero-order valence-corrected chi connectivity index (χ0v) is 15.8. The second-order valence-electron chi connectivity index (χ2n) is 6.14. The van der Waals surface area contributed by atoms with Crippen molar-refractivity contribution in [3.63, 3.8) is 0 Å². The number of aromatic nitrogens is 3. The molecule has 0 fully saturated rings. The average molecular weight is 393 g/mol. The third kappa shape index (κ3) is 3.08. The SMILES string of the molecule is CCOC(=O)c1c(-c2ccccc2)nc2n[nH]c(N)c2c1-c1ccc(Cl)cc1. The number of anilines is 1. The molecule has 0 aliphatic carbocycles. The Balaban J connectivity index is 2.14. The molecule has 0 radical (unpaired) electrons. The molecule has 0 amide bonds. The van der Waals surface area contributed by atoms with Crippen molar-refractivity contribution >= 4 is 34.4 Å². The van der Waals surface area contributed by atoms with E-state index in [2.05, 4.69) is 15.2 Å². The number of hydrogen-bond acceptors (Lipinski definition) is 5. The highest BCUT2D eigenvalue weighted by molar-refractivity contribution is 6.30. The number of hydrogen-bond donors (Lipinski definition) is 2. The number of aromatic amines is 1. The molecule has 0 saturated heterocycles. The monoisotopic (exact) mass is 392 g/mol. The molecular weight excluding hydrogens is 376 g/mol. The van der Waals surface area contributed by atoms with Gasteiger partial charge in [-0.3, -0.25) is 5.10 Å². The minimum absolute atomic E-state index is 0.242. The summed E-state index contributed by atoms with van der Waals surface area (Å²) in [5.74, 6) is -0.140. The molecule has 7 heteroatoms. The van der Waals surface area contributed by atoms with Crippen LogP contribution in [0.1, 0.15) is 17.3 Å². The minimum atomic E-state index is -0.471. The summed E-state index contributed by atoms with van der Waals surface area (Å²) in [5.41, 5.74) is 9.56. The number of nitrogen functional groups attached to an aromatic ring is 1. The number of fused-ring (bicyclic) bond motifs is 1. The molecule has 0 atom stereocenters. The van der Waals surface area contributed by atoms with Crippen LogP contribution in [0.5, 0.6) is 0 Å². The lowest BCUT2D eigenvalue weighted by Gasteiger charge is -2.15. The molecule has 28 heavy (non-hydrogen) atoms. The van der Waals surface area contributed by atoms with Gasteiger partial charge < -0.3 is 10.5 Å². The predicted molar refractivity (Wildman–Crippen MR) is 110 cm³/mol. The fourth-order valence-corrected chi connectivity index (χ4v) is 3.32. The van der Waals surface area contributed by atoms with Crippen molar-refractivity contribution in [2.45, 2.75) is 6.92 Å². The van der Waals surface area contributed by atoms with E-state index in [1.54, 1.807) is 19.1 Å². The number of benzene rings is 2. The molecule has 4 rings (SSSR count). The zero-order valence-electron chi connectivity index (χ0n) is 15.1. The quantitative estimate of drug-likeness (QED) is 0.491. The van der Waals surface area contributed by atoms with Gasteiger partial charge in [-0.25, -0.2) is 9.78 Å². The van der Waals surface area contributed by atoms with Gasteiger partial charge in [0.2, 0.25) is 0 Å². The van der Waals surface area contributed by atoms with Gasteiger partial charge in [0.05, 0.1) is 23.3 Å². The van der Waals surface area contributed by atoms with E-state index in [4.69, 9.17) is 22.1 Å². The van der Waals surface area contributed by atoms with Crippen LogP contribution in [0, 0.1) is 0 Å². The summed E-state index contributed by atoms with van der Waals surface area (Å²) in [4.78, 5) is 17.6. The molecule has 0 saturated carbocycles. The van der Waals surface area contributed by atoms with Crippen molar-refractivity contribution in [2.75, 3.05) is 12.3 Å². The van der Waals surface area contributed by atoms with Crippen LogP contribution in [-0.2, 0) is 4.74 Å². The van der Waals surface area contributed by atoms with Crippen LogP contribution >= 0.6 is 11.6 Å². The number of carbonyl (C=O) groups excluding carboxylic acids is 1. The molecule has 6 nitrogen and oxygen atoms in total. The maximum Gasteiger partial charge on any atom is 0.341 e. The van der Waals surface area contributed by atoms with E-state index in [0.717, 1.165) is 11.1 Å². The highest BCUT2D eigenvalue weighted by Crippen LogP contribution is 2.39. The highest BCUT2D eigenvalue weighted by atomic mass is 35.5. The topological polar surface area (TPSA) is 93.9 Å². The normalized spacial score (nSPS) is 10.9. The van der Waals surface area contributed by atoms with Gasteiger partial charge in [-0.15, -0.1) is 0 Å². The molecule has 3 N–H and O–H groups in total. The Kier molecular flexibility index (Phi) is 4.71. The second kappa shape index (κ2) is 7.32. The van der Waals surface area contributed by atoms with Gasteiger partial charge in [0.1, 0.15) is 5.82 Å². The predicted octanol–water partition coefficient (Wildman–Crippen LogP) is 4.70.